The fraction of sp³-hybridized carbons (Fsp3) is 0.143. The molecule has 2 aliphatic carbocycles. The lowest BCUT2D eigenvalue weighted by atomic mass is 9.62. The number of aromatic hydroxyl groups is 10. The summed E-state index contributed by atoms with van der Waals surface area (Å²) in [5.74, 6) is -5.08. The highest BCUT2D eigenvalue weighted by atomic mass is 16.5. The van der Waals surface area contributed by atoms with Gasteiger partial charge in [-0.15, -0.1) is 0 Å². The predicted molar refractivity (Wildman–Crippen MR) is 248 cm³/mol. The van der Waals surface area contributed by atoms with Crippen molar-refractivity contribution in [2.24, 2.45) is 0 Å². The van der Waals surface area contributed by atoms with Crippen LogP contribution in [0, 0.1) is 0 Å². The Morgan fingerprint density at radius 1 is 0.265 bits per heavy atom. The molecule has 0 bridgehead atoms. The van der Waals surface area contributed by atoms with Crippen molar-refractivity contribution in [2.45, 2.75) is 47.7 Å². The lowest BCUT2D eigenvalue weighted by molar-refractivity contribution is 0.220. The van der Waals surface area contributed by atoms with Gasteiger partial charge in [-0.3, -0.25) is 0 Å². The van der Waals surface area contributed by atoms with E-state index in [-0.39, 0.29) is 57.5 Å². The Kier molecular flexibility index (Phi) is 8.97. The Hall–Kier alpha value is -8.64. The summed E-state index contributed by atoms with van der Waals surface area (Å²) in [5.41, 5.74) is 7.02. The minimum absolute atomic E-state index is 0.0102. The summed E-state index contributed by atoms with van der Waals surface area (Å²) < 4.78 is 13.8. The van der Waals surface area contributed by atoms with E-state index in [0.29, 0.717) is 78.3 Å². The van der Waals surface area contributed by atoms with E-state index in [1.807, 2.05) is 0 Å². The van der Waals surface area contributed by atoms with Gasteiger partial charge in [-0.2, -0.15) is 0 Å². The average Bonchev–Trinajstić information content (AvgIpc) is 3.98. The zero-order valence-corrected chi connectivity index (χ0v) is 35.8. The van der Waals surface area contributed by atoms with Crippen molar-refractivity contribution < 1.29 is 60.5 Å². The van der Waals surface area contributed by atoms with E-state index >= 15 is 0 Å². The number of hydrogen-bond donors (Lipinski definition) is 10. The van der Waals surface area contributed by atoms with Crippen molar-refractivity contribution in [2.75, 3.05) is 0 Å². The number of benzene rings is 8. The maximum Gasteiger partial charge on any atom is 0.135 e. The van der Waals surface area contributed by atoms with E-state index in [2.05, 4.69) is 0 Å². The number of rotatable bonds is 5. The van der Waals surface area contributed by atoms with Crippen LogP contribution in [0.25, 0.3) is 0 Å². The van der Waals surface area contributed by atoms with Gasteiger partial charge >= 0.3 is 0 Å². The zero-order valence-electron chi connectivity index (χ0n) is 35.8. The SMILES string of the molecule is Oc1ccc([C@H]2c3c(O)cc4c(c3[C@H]3[C@@H](c5ccc(O)cc5)c5c(O)cc(O)cc5[C@H]5c6c(cc(O)cc6[C@@H]23)O[C@@H]5c2ccc(O)cc2)[C@H](c2cc(O)cc(O)c2)[C@@H](c2ccc(O)cc2)O4)cc1. The second kappa shape index (κ2) is 14.9. The number of ether oxygens (including phenoxy) is 2. The molecule has 10 N–H and O–H groups in total. The van der Waals surface area contributed by atoms with Crippen molar-refractivity contribution in [3.05, 3.63) is 212 Å². The van der Waals surface area contributed by atoms with Crippen LogP contribution in [0.2, 0.25) is 0 Å². The third kappa shape index (κ3) is 6.20. The Balaban J connectivity index is 1.24. The second-order valence-corrected chi connectivity index (χ2v) is 18.2. The Labute approximate surface area is 388 Å². The fourth-order valence-corrected chi connectivity index (χ4v) is 12.0. The van der Waals surface area contributed by atoms with Crippen LogP contribution in [0.5, 0.6) is 69.0 Å². The minimum atomic E-state index is -0.867. The molecule has 8 aromatic carbocycles. The van der Waals surface area contributed by atoms with Gasteiger partial charge in [0, 0.05) is 70.2 Å². The number of fused-ring (bicyclic) bond motifs is 8. The van der Waals surface area contributed by atoms with Crippen LogP contribution in [-0.4, -0.2) is 51.1 Å². The molecule has 8 atom stereocenters. The predicted octanol–water partition coefficient (Wildman–Crippen LogP) is 10.4. The molecule has 12 heteroatoms. The Morgan fingerprint density at radius 3 is 1.24 bits per heavy atom. The van der Waals surface area contributed by atoms with Gasteiger partial charge in [0.1, 0.15) is 81.2 Å². The minimum Gasteiger partial charge on any atom is -0.508 e. The van der Waals surface area contributed by atoms with E-state index in [1.54, 1.807) is 115 Å². The lowest BCUT2D eigenvalue weighted by Crippen LogP contribution is -2.26. The van der Waals surface area contributed by atoms with Crippen molar-refractivity contribution in [1.82, 2.24) is 0 Å². The number of hydrogen-bond acceptors (Lipinski definition) is 12. The van der Waals surface area contributed by atoms with Gasteiger partial charge in [0.2, 0.25) is 0 Å². The molecular weight excluding hydrogens is 865 g/mol. The molecule has 0 radical (unpaired) electrons. The van der Waals surface area contributed by atoms with Crippen LogP contribution in [0.3, 0.4) is 0 Å². The first-order valence-corrected chi connectivity index (χ1v) is 22.2. The smallest absolute Gasteiger partial charge is 0.135 e. The molecule has 12 rings (SSSR count). The molecule has 12 nitrogen and oxygen atoms in total. The van der Waals surface area contributed by atoms with Crippen LogP contribution in [0.15, 0.2) is 146 Å². The topological polar surface area (TPSA) is 221 Å². The molecule has 8 aromatic rings. The first-order valence-electron chi connectivity index (χ1n) is 22.2. The van der Waals surface area contributed by atoms with Crippen molar-refractivity contribution in [1.29, 1.82) is 0 Å². The zero-order chi connectivity index (χ0) is 46.9. The standard InChI is InChI=1S/C56H42O12/c57-30-9-1-25(2-10-30)44-47-38(20-36(63)22-40(47)65)50-48-39(21-37(64)23-42(48)67-56(50)28-7-15-33(60)16-8-28)49-45(26-3-11-31(58)12-4-26)51-41(66)24-43-52(54(51)53(44)49)46(29-17-34(61)19-35(62)18-29)55(68-43)27-5-13-32(59)14-6-27/h1-24,44-46,49-50,53,55-66H/t44-,45+,46-,49-,50-,53-,55+,56+/m0/s1. The van der Waals surface area contributed by atoms with Gasteiger partial charge in [-0.25, -0.2) is 0 Å². The lowest BCUT2D eigenvalue weighted by Gasteiger charge is -2.39. The summed E-state index contributed by atoms with van der Waals surface area (Å²) in [5, 5.41) is 113. The van der Waals surface area contributed by atoms with Gasteiger partial charge in [0.15, 0.2) is 0 Å². The second-order valence-electron chi connectivity index (χ2n) is 18.2. The molecule has 2 aliphatic heterocycles. The Bertz CT molecular complexity index is 3310. The molecule has 68 heavy (non-hydrogen) atoms. The van der Waals surface area contributed by atoms with Gasteiger partial charge < -0.3 is 60.5 Å². The highest BCUT2D eigenvalue weighted by Crippen LogP contribution is 2.71. The van der Waals surface area contributed by atoms with Crippen molar-refractivity contribution in [3.8, 4) is 69.0 Å². The summed E-state index contributed by atoms with van der Waals surface area (Å²) in [7, 11) is 0. The van der Waals surface area contributed by atoms with Crippen LogP contribution >= 0.6 is 0 Å². The summed E-state index contributed by atoms with van der Waals surface area (Å²) in [6.45, 7) is 0. The third-order valence-electron chi connectivity index (χ3n) is 14.4. The van der Waals surface area contributed by atoms with Gasteiger partial charge in [0.25, 0.3) is 0 Å². The largest absolute Gasteiger partial charge is 0.508 e. The van der Waals surface area contributed by atoms with Crippen molar-refractivity contribution >= 4 is 0 Å². The molecular formula is C56H42O12. The van der Waals surface area contributed by atoms with Gasteiger partial charge in [-0.05, 0) is 117 Å². The first-order chi connectivity index (χ1) is 32.8. The van der Waals surface area contributed by atoms with Crippen LogP contribution in [0.4, 0.5) is 0 Å². The summed E-state index contributed by atoms with van der Waals surface area (Å²) in [6, 6.07) is 38.5. The molecule has 0 fully saturated rings. The summed E-state index contributed by atoms with van der Waals surface area (Å²) >= 11 is 0. The van der Waals surface area contributed by atoms with Crippen LogP contribution in [0.1, 0.15) is 114 Å². The molecule has 2 heterocycles. The molecule has 0 spiro atoms. The van der Waals surface area contributed by atoms with Crippen LogP contribution < -0.4 is 9.47 Å². The number of phenolic OH excluding ortho intramolecular Hbond substituents is 10. The van der Waals surface area contributed by atoms with Gasteiger partial charge in [-0.1, -0.05) is 48.5 Å². The molecule has 4 aliphatic rings. The third-order valence-corrected chi connectivity index (χ3v) is 14.4. The average molecular weight is 907 g/mol. The molecule has 0 saturated carbocycles. The number of phenols is 10. The first kappa shape index (κ1) is 40.8. The summed E-state index contributed by atoms with van der Waals surface area (Å²) in [4.78, 5) is 0. The van der Waals surface area contributed by atoms with Gasteiger partial charge in [0.05, 0.1) is 11.8 Å². The highest BCUT2D eigenvalue weighted by Gasteiger charge is 2.57. The molecule has 0 aromatic heterocycles. The van der Waals surface area contributed by atoms with E-state index in [4.69, 9.17) is 9.47 Å². The monoisotopic (exact) mass is 906 g/mol. The molecule has 338 valence electrons. The van der Waals surface area contributed by atoms with Crippen molar-refractivity contribution in [3.63, 3.8) is 0 Å². The summed E-state index contributed by atoms with van der Waals surface area (Å²) in [6.07, 6.45) is -1.64. The fourth-order valence-electron chi connectivity index (χ4n) is 12.0. The molecule has 0 unspecified atom stereocenters. The Morgan fingerprint density at radius 2 is 0.691 bits per heavy atom. The van der Waals surface area contributed by atoms with E-state index < -0.39 is 47.7 Å². The van der Waals surface area contributed by atoms with E-state index in [0.717, 1.165) is 0 Å². The maximum absolute atomic E-state index is 12.8. The van der Waals surface area contributed by atoms with E-state index in [1.165, 1.54) is 30.3 Å². The quantitative estimate of drug-likeness (QED) is 0.0780. The highest BCUT2D eigenvalue weighted by molar-refractivity contribution is 5.73. The maximum atomic E-state index is 12.8. The van der Waals surface area contributed by atoms with Crippen LogP contribution in [-0.2, 0) is 0 Å². The molecule has 0 saturated heterocycles. The normalized spacial score (nSPS) is 22.6. The molecule has 0 amide bonds. The van der Waals surface area contributed by atoms with E-state index in [9.17, 15) is 51.1 Å².